The molecule has 0 atom stereocenters. The molecule has 0 N–H and O–H groups in total. The standard InChI is InChI=1S/C16H15N/c1-12-7-9-15(10-8-12)17-13(2)11-14-5-3-4-6-16(14)17/h3-10H,2,11H2,1H3. The van der Waals surface area contributed by atoms with Gasteiger partial charge in [0.1, 0.15) is 0 Å². The lowest BCUT2D eigenvalue weighted by atomic mass is 10.1. The summed E-state index contributed by atoms with van der Waals surface area (Å²) in [7, 11) is 0. The molecule has 1 nitrogen and oxygen atoms in total. The Hall–Kier alpha value is -2.02. The van der Waals surface area contributed by atoms with Crippen LogP contribution in [0.25, 0.3) is 0 Å². The molecule has 0 unspecified atom stereocenters. The third-order valence-corrected chi connectivity index (χ3v) is 3.24. The number of para-hydroxylation sites is 1. The number of benzene rings is 2. The molecule has 1 aliphatic heterocycles. The highest BCUT2D eigenvalue weighted by Gasteiger charge is 2.23. The average Bonchev–Trinajstić information content (AvgIpc) is 2.66. The molecule has 2 aromatic rings. The molecule has 0 fully saturated rings. The minimum absolute atomic E-state index is 0.948. The summed E-state index contributed by atoms with van der Waals surface area (Å²) in [5, 5.41) is 0. The van der Waals surface area contributed by atoms with Gasteiger partial charge in [-0.05, 0) is 30.7 Å². The quantitative estimate of drug-likeness (QED) is 0.697. The van der Waals surface area contributed by atoms with E-state index in [0.29, 0.717) is 0 Å². The Kier molecular flexibility index (Phi) is 2.25. The molecule has 0 saturated carbocycles. The third-order valence-electron chi connectivity index (χ3n) is 3.24. The van der Waals surface area contributed by atoms with Crippen LogP contribution in [-0.2, 0) is 6.42 Å². The van der Waals surface area contributed by atoms with E-state index >= 15 is 0 Å². The summed E-state index contributed by atoms with van der Waals surface area (Å²) >= 11 is 0. The molecule has 1 heteroatoms. The van der Waals surface area contributed by atoms with Crippen molar-refractivity contribution in [2.75, 3.05) is 4.90 Å². The van der Waals surface area contributed by atoms with Crippen molar-refractivity contribution in [1.82, 2.24) is 0 Å². The van der Waals surface area contributed by atoms with E-state index in [1.54, 1.807) is 0 Å². The van der Waals surface area contributed by atoms with E-state index in [9.17, 15) is 0 Å². The first-order valence-corrected chi connectivity index (χ1v) is 5.88. The fourth-order valence-electron chi connectivity index (χ4n) is 2.36. The highest BCUT2D eigenvalue weighted by molar-refractivity contribution is 5.75. The Morgan fingerprint density at radius 2 is 1.71 bits per heavy atom. The van der Waals surface area contributed by atoms with E-state index in [-0.39, 0.29) is 0 Å². The first-order chi connectivity index (χ1) is 8.25. The Balaban J connectivity index is 2.09. The van der Waals surface area contributed by atoms with Gasteiger partial charge in [-0.3, -0.25) is 0 Å². The summed E-state index contributed by atoms with van der Waals surface area (Å²) in [6.45, 7) is 6.28. The lowest BCUT2D eigenvalue weighted by molar-refractivity contribution is 1.16. The second kappa shape index (κ2) is 3.77. The van der Waals surface area contributed by atoms with E-state index < -0.39 is 0 Å². The van der Waals surface area contributed by atoms with Gasteiger partial charge in [-0.1, -0.05) is 42.5 Å². The van der Waals surface area contributed by atoms with Crippen LogP contribution in [0, 0.1) is 6.92 Å². The van der Waals surface area contributed by atoms with Crippen molar-refractivity contribution in [3.63, 3.8) is 0 Å². The van der Waals surface area contributed by atoms with Crippen LogP contribution in [0.2, 0.25) is 0 Å². The Morgan fingerprint density at radius 3 is 2.47 bits per heavy atom. The maximum absolute atomic E-state index is 4.18. The normalized spacial score (nSPS) is 13.9. The number of rotatable bonds is 1. The first-order valence-electron chi connectivity index (χ1n) is 5.88. The molecular formula is C16H15N. The molecule has 2 aromatic carbocycles. The molecule has 17 heavy (non-hydrogen) atoms. The van der Waals surface area contributed by atoms with Crippen molar-refractivity contribution < 1.29 is 0 Å². The summed E-state index contributed by atoms with van der Waals surface area (Å²) in [4.78, 5) is 2.24. The molecule has 1 heterocycles. The molecule has 0 spiro atoms. The van der Waals surface area contributed by atoms with Gasteiger partial charge in [0.05, 0.1) is 0 Å². The smallest absolute Gasteiger partial charge is 0.0494 e. The number of nitrogens with zero attached hydrogens (tertiary/aromatic N) is 1. The van der Waals surface area contributed by atoms with E-state index in [1.807, 2.05) is 0 Å². The van der Waals surface area contributed by atoms with E-state index in [1.165, 1.54) is 22.5 Å². The van der Waals surface area contributed by atoms with Gasteiger partial charge in [0, 0.05) is 23.5 Å². The van der Waals surface area contributed by atoms with Crippen molar-refractivity contribution in [3.05, 3.63) is 71.9 Å². The maximum Gasteiger partial charge on any atom is 0.0494 e. The molecule has 0 aliphatic carbocycles. The van der Waals surface area contributed by atoms with Crippen LogP contribution in [0.15, 0.2) is 60.8 Å². The summed E-state index contributed by atoms with van der Waals surface area (Å²) in [5.41, 5.74) is 6.26. The molecule has 84 valence electrons. The Labute approximate surface area is 102 Å². The monoisotopic (exact) mass is 221 g/mol. The lowest BCUT2D eigenvalue weighted by Gasteiger charge is -2.21. The van der Waals surface area contributed by atoms with E-state index in [2.05, 4.69) is 66.9 Å². The maximum atomic E-state index is 4.18. The van der Waals surface area contributed by atoms with Gasteiger partial charge in [0.2, 0.25) is 0 Å². The van der Waals surface area contributed by atoms with E-state index in [0.717, 1.165) is 12.1 Å². The Morgan fingerprint density at radius 1 is 1.00 bits per heavy atom. The summed E-state index contributed by atoms with van der Waals surface area (Å²) in [6.07, 6.45) is 0.948. The molecular weight excluding hydrogens is 206 g/mol. The van der Waals surface area contributed by atoms with Crippen molar-refractivity contribution in [2.45, 2.75) is 13.3 Å². The number of fused-ring (bicyclic) bond motifs is 1. The highest BCUT2D eigenvalue weighted by atomic mass is 15.2. The Bertz CT molecular complexity index is 566. The molecule has 0 amide bonds. The van der Waals surface area contributed by atoms with Gasteiger partial charge < -0.3 is 4.90 Å². The average molecular weight is 221 g/mol. The van der Waals surface area contributed by atoms with Crippen LogP contribution >= 0.6 is 0 Å². The molecule has 1 aliphatic rings. The van der Waals surface area contributed by atoms with E-state index in [4.69, 9.17) is 0 Å². The van der Waals surface area contributed by atoms with Gasteiger partial charge in [0.25, 0.3) is 0 Å². The van der Waals surface area contributed by atoms with Crippen molar-refractivity contribution in [2.24, 2.45) is 0 Å². The number of allylic oxidation sites excluding steroid dienone is 1. The van der Waals surface area contributed by atoms with Gasteiger partial charge in [0.15, 0.2) is 0 Å². The SMILES string of the molecule is C=C1Cc2ccccc2N1c1ccc(C)cc1. The minimum atomic E-state index is 0.948. The minimum Gasteiger partial charge on any atom is -0.314 e. The topological polar surface area (TPSA) is 3.24 Å². The van der Waals surface area contributed by atoms with Gasteiger partial charge in [-0.15, -0.1) is 0 Å². The first kappa shape index (κ1) is 10.2. The predicted molar refractivity (Wildman–Crippen MR) is 72.6 cm³/mol. The number of anilines is 2. The fraction of sp³-hybridized carbons (Fsp3) is 0.125. The highest BCUT2D eigenvalue weighted by Crippen LogP contribution is 2.39. The molecule has 3 rings (SSSR count). The number of aryl methyl sites for hydroxylation is 1. The molecule has 0 radical (unpaired) electrons. The zero-order chi connectivity index (χ0) is 11.8. The lowest BCUT2D eigenvalue weighted by Crippen LogP contribution is -2.10. The second-order valence-electron chi connectivity index (χ2n) is 4.54. The molecule has 0 saturated heterocycles. The predicted octanol–water partition coefficient (Wildman–Crippen LogP) is 4.20. The third kappa shape index (κ3) is 1.64. The zero-order valence-electron chi connectivity index (χ0n) is 9.98. The van der Waals surface area contributed by atoms with Crippen LogP contribution in [0.1, 0.15) is 11.1 Å². The van der Waals surface area contributed by atoms with Crippen LogP contribution in [0.5, 0.6) is 0 Å². The van der Waals surface area contributed by atoms with Crippen molar-refractivity contribution in [3.8, 4) is 0 Å². The van der Waals surface area contributed by atoms with Crippen LogP contribution in [0.4, 0.5) is 11.4 Å². The largest absolute Gasteiger partial charge is 0.314 e. The fourth-order valence-corrected chi connectivity index (χ4v) is 2.36. The van der Waals surface area contributed by atoms with Crippen LogP contribution < -0.4 is 4.90 Å². The van der Waals surface area contributed by atoms with Crippen molar-refractivity contribution >= 4 is 11.4 Å². The van der Waals surface area contributed by atoms with Gasteiger partial charge >= 0.3 is 0 Å². The second-order valence-corrected chi connectivity index (χ2v) is 4.54. The van der Waals surface area contributed by atoms with Gasteiger partial charge in [-0.2, -0.15) is 0 Å². The van der Waals surface area contributed by atoms with Crippen molar-refractivity contribution in [1.29, 1.82) is 0 Å². The summed E-state index contributed by atoms with van der Waals surface area (Å²) < 4.78 is 0. The summed E-state index contributed by atoms with van der Waals surface area (Å²) in [6, 6.07) is 17.1. The molecule has 0 aromatic heterocycles. The summed E-state index contributed by atoms with van der Waals surface area (Å²) in [5.74, 6) is 0. The van der Waals surface area contributed by atoms with Crippen LogP contribution in [0.3, 0.4) is 0 Å². The zero-order valence-corrected chi connectivity index (χ0v) is 9.98. The number of hydrogen-bond acceptors (Lipinski definition) is 1. The number of hydrogen-bond donors (Lipinski definition) is 0. The molecule has 0 bridgehead atoms. The van der Waals surface area contributed by atoms with Crippen LogP contribution in [-0.4, -0.2) is 0 Å². The van der Waals surface area contributed by atoms with Gasteiger partial charge in [-0.25, -0.2) is 0 Å².